The van der Waals surface area contributed by atoms with E-state index in [9.17, 15) is 14.7 Å². The van der Waals surface area contributed by atoms with Gasteiger partial charge in [0.05, 0.1) is 18.8 Å². The van der Waals surface area contributed by atoms with Crippen LogP contribution in [0.25, 0.3) is 6.08 Å². The van der Waals surface area contributed by atoms with Gasteiger partial charge in [0.1, 0.15) is 0 Å². The minimum absolute atomic E-state index is 0.0779. The van der Waals surface area contributed by atoms with Crippen molar-refractivity contribution in [1.82, 2.24) is 5.32 Å². The molecule has 1 aromatic carbocycles. The van der Waals surface area contributed by atoms with E-state index in [1.165, 1.54) is 13.2 Å². The molecule has 0 aromatic heterocycles. The molecule has 0 radical (unpaired) electrons. The lowest BCUT2D eigenvalue weighted by Crippen LogP contribution is -2.51. The van der Waals surface area contributed by atoms with Crippen LogP contribution in [0.2, 0.25) is 0 Å². The first kappa shape index (κ1) is 21.5. The van der Waals surface area contributed by atoms with Gasteiger partial charge in [0.25, 0.3) is 5.91 Å². The molecule has 1 atom stereocenters. The molecular weight excluding hydrogens is 336 g/mol. The highest BCUT2D eigenvalue weighted by molar-refractivity contribution is 5.92. The first-order valence-corrected chi connectivity index (χ1v) is 8.34. The number of rotatable bonds is 9. The summed E-state index contributed by atoms with van der Waals surface area (Å²) in [5.74, 6) is -0.00708. The Kier molecular flexibility index (Phi) is 7.64. The summed E-state index contributed by atoms with van der Waals surface area (Å²) in [6, 6.07) is 4.65. The number of ether oxygens (including phenoxy) is 2. The summed E-state index contributed by atoms with van der Waals surface area (Å²) < 4.78 is 10.5. The summed E-state index contributed by atoms with van der Waals surface area (Å²) in [5, 5.41) is 13.0. The summed E-state index contributed by atoms with van der Waals surface area (Å²) in [4.78, 5) is 23.0. The van der Waals surface area contributed by atoms with Crippen molar-refractivity contribution >= 4 is 17.9 Å². The fourth-order valence-electron chi connectivity index (χ4n) is 2.59. The van der Waals surface area contributed by atoms with Crippen LogP contribution in [0.4, 0.5) is 0 Å². The van der Waals surface area contributed by atoms with Crippen LogP contribution in [0.1, 0.15) is 33.3 Å². The third-order valence-electron chi connectivity index (χ3n) is 3.71. The number of amides is 2. The number of carbonyl (C=O) groups excluding carboxylic acids is 2. The van der Waals surface area contributed by atoms with E-state index in [2.05, 4.69) is 5.32 Å². The summed E-state index contributed by atoms with van der Waals surface area (Å²) in [6.07, 6.45) is 3.01. The number of nitrogens with one attached hydrogen (secondary N) is 1. The van der Waals surface area contributed by atoms with E-state index in [0.29, 0.717) is 17.1 Å². The minimum atomic E-state index is -1.03. The molecule has 2 amide bonds. The van der Waals surface area contributed by atoms with Gasteiger partial charge < -0.3 is 25.6 Å². The zero-order valence-electron chi connectivity index (χ0n) is 15.9. The molecule has 26 heavy (non-hydrogen) atoms. The van der Waals surface area contributed by atoms with Gasteiger partial charge in [-0.1, -0.05) is 19.9 Å². The molecule has 0 heterocycles. The number of nitrogens with two attached hydrogens (primary N) is 1. The number of methoxy groups -OCH3 is 1. The van der Waals surface area contributed by atoms with E-state index in [1.54, 1.807) is 38.1 Å². The van der Waals surface area contributed by atoms with Crippen LogP contribution in [0.15, 0.2) is 24.3 Å². The summed E-state index contributed by atoms with van der Waals surface area (Å²) in [5.41, 5.74) is 4.74. The third kappa shape index (κ3) is 6.76. The lowest BCUT2D eigenvalue weighted by molar-refractivity contribution is -0.120. The third-order valence-corrected chi connectivity index (χ3v) is 3.71. The number of primary amides is 1. The van der Waals surface area contributed by atoms with Gasteiger partial charge in [-0.25, -0.2) is 0 Å². The summed E-state index contributed by atoms with van der Waals surface area (Å²) in [7, 11) is 1.48. The molecule has 0 bridgehead atoms. The molecule has 0 saturated carbocycles. The Morgan fingerprint density at radius 3 is 2.46 bits per heavy atom. The maximum absolute atomic E-state index is 12.2. The van der Waals surface area contributed by atoms with Crippen molar-refractivity contribution in [3.05, 3.63) is 29.8 Å². The van der Waals surface area contributed by atoms with Crippen molar-refractivity contribution in [2.24, 2.45) is 11.7 Å². The van der Waals surface area contributed by atoms with E-state index in [-0.39, 0.29) is 24.5 Å². The van der Waals surface area contributed by atoms with Crippen molar-refractivity contribution in [2.75, 3.05) is 13.7 Å². The van der Waals surface area contributed by atoms with E-state index < -0.39 is 11.5 Å². The van der Waals surface area contributed by atoms with Crippen LogP contribution >= 0.6 is 0 Å². The molecule has 1 rings (SSSR count). The van der Waals surface area contributed by atoms with Crippen LogP contribution < -0.4 is 20.5 Å². The Labute approximate surface area is 154 Å². The quantitative estimate of drug-likeness (QED) is 0.575. The van der Waals surface area contributed by atoms with Gasteiger partial charge >= 0.3 is 0 Å². The van der Waals surface area contributed by atoms with Gasteiger partial charge in [-0.15, -0.1) is 0 Å². The average molecular weight is 364 g/mol. The molecule has 0 unspecified atom stereocenters. The zero-order valence-corrected chi connectivity index (χ0v) is 15.9. The number of carbonyl (C=O) groups is 2. The molecule has 0 aliphatic heterocycles. The second kappa shape index (κ2) is 9.24. The van der Waals surface area contributed by atoms with E-state index in [1.807, 2.05) is 13.8 Å². The van der Waals surface area contributed by atoms with Gasteiger partial charge in [0.15, 0.2) is 18.1 Å². The molecule has 0 aliphatic rings. The lowest BCUT2D eigenvalue weighted by Gasteiger charge is -2.32. The molecule has 0 spiro atoms. The SMILES string of the molecule is COc1cc(C=CC(=O)N[C@@H](C(C)C)C(C)(C)O)ccc1OCC(N)=O. The second-order valence-corrected chi connectivity index (χ2v) is 6.88. The fourth-order valence-corrected chi connectivity index (χ4v) is 2.59. The maximum atomic E-state index is 12.2. The smallest absolute Gasteiger partial charge is 0.255 e. The highest BCUT2D eigenvalue weighted by Gasteiger charge is 2.30. The molecule has 0 fully saturated rings. The first-order valence-electron chi connectivity index (χ1n) is 8.34. The predicted octanol–water partition coefficient (Wildman–Crippen LogP) is 1.48. The van der Waals surface area contributed by atoms with E-state index in [0.717, 1.165) is 0 Å². The van der Waals surface area contributed by atoms with E-state index >= 15 is 0 Å². The summed E-state index contributed by atoms with van der Waals surface area (Å²) >= 11 is 0. The number of hydrogen-bond donors (Lipinski definition) is 3. The molecule has 0 aliphatic carbocycles. The van der Waals surface area contributed by atoms with Crippen LogP contribution in [-0.4, -0.2) is 42.3 Å². The largest absolute Gasteiger partial charge is 0.493 e. The molecule has 144 valence electrons. The molecule has 7 heteroatoms. The monoisotopic (exact) mass is 364 g/mol. The lowest BCUT2D eigenvalue weighted by atomic mass is 9.89. The Bertz CT molecular complexity index is 662. The Morgan fingerprint density at radius 2 is 1.96 bits per heavy atom. The standard InChI is InChI=1S/C19H28N2O5/c1-12(2)18(19(3,4)24)21-17(23)9-7-13-6-8-14(15(10-13)25-5)26-11-16(20)22/h6-10,12,18,24H,11H2,1-5H3,(H2,20,22)(H,21,23)/t18-/m0/s1. The zero-order chi connectivity index (χ0) is 19.9. The van der Waals surface area contributed by atoms with Gasteiger partial charge in [-0.2, -0.15) is 0 Å². The fraction of sp³-hybridized carbons (Fsp3) is 0.474. The predicted molar refractivity (Wildman–Crippen MR) is 99.8 cm³/mol. The van der Waals surface area contributed by atoms with Crippen molar-refractivity contribution in [2.45, 2.75) is 39.3 Å². The Balaban J connectivity index is 2.84. The summed E-state index contributed by atoms with van der Waals surface area (Å²) in [6.45, 7) is 6.95. The van der Waals surface area contributed by atoms with Crippen molar-refractivity contribution < 1.29 is 24.2 Å². The van der Waals surface area contributed by atoms with Gasteiger partial charge in [-0.3, -0.25) is 9.59 Å². The molecule has 7 nitrogen and oxygen atoms in total. The number of benzene rings is 1. The minimum Gasteiger partial charge on any atom is -0.493 e. The first-order chi connectivity index (χ1) is 12.0. The average Bonchev–Trinajstić information content (AvgIpc) is 2.54. The van der Waals surface area contributed by atoms with Crippen LogP contribution in [0, 0.1) is 5.92 Å². The highest BCUT2D eigenvalue weighted by Crippen LogP contribution is 2.28. The van der Waals surface area contributed by atoms with Crippen LogP contribution in [0.3, 0.4) is 0 Å². The Hall–Kier alpha value is -2.54. The van der Waals surface area contributed by atoms with Crippen molar-refractivity contribution in [3.8, 4) is 11.5 Å². The molecular formula is C19H28N2O5. The second-order valence-electron chi connectivity index (χ2n) is 6.88. The number of hydrogen-bond acceptors (Lipinski definition) is 5. The maximum Gasteiger partial charge on any atom is 0.255 e. The molecule has 0 saturated heterocycles. The van der Waals surface area contributed by atoms with Crippen molar-refractivity contribution in [3.63, 3.8) is 0 Å². The van der Waals surface area contributed by atoms with Gasteiger partial charge in [0, 0.05) is 6.08 Å². The van der Waals surface area contributed by atoms with E-state index in [4.69, 9.17) is 15.2 Å². The Morgan fingerprint density at radius 1 is 1.31 bits per heavy atom. The highest BCUT2D eigenvalue weighted by atomic mass is 16.5. The van der Waals surface area contributed by atoms with Crippen LogP contribution in [0.5, 0.6) is 11.5 Å². The van der Waals surface area contributed by atoms with Crippen molar-refractivity contribution in [1.29, 1.82) is 0 Å². The van der Waals surface area contributed by atoms with Crippen LogP contribution in [-0.2, 0) is 9.59 Å². The normalized spacial score (nSPS) is 12.9. The molecule has 4 N–H and O–H groups in total. The molecule has 1 aromatic rings. The van der Waals surface area contributed by atoms with Gasteiger partial charge in [0.2, 0.25) is 5.91 Å². The number of aliphatic hydroxyl groups is 1. The topological polar surface area (TPSA) is 111 Å². The van der Waals surface area contributed by atoms with Gasteiger partial charge in [-0.05, 0) is 43.5 Å².